The average molecular weight is 294 g/mol. The summed E-state index contributed by atoms with van der Waals surface area (Å²) in [5.74, 6) is -0.448. The van der Waals surface area contributed by atoms with Crippen LogP contribution in [0.5, 0.6) is 5.88 Å². The minimum absolute atomic E-state index is 0.186. The van der Waals surface area contributed by atoms with Crippen LogP contribution in [0, 0.1) is 5.92 Å². The smallest absolute Gasteiger partial charge is 0.422 e. The second kappa shape index (κ2) is 5.25. The molecule has 20 heavy (non-hydrogen) atoms. The summed E-state index contributed by atoms with van der Waals surface area (Å²) in [5, 5.41) is 24.0. The number of alkyl halides is 3. The minimum Gasteiger partial charge on any atom is -0.467 e. The van der Waals surface area contributed by atoms with Crippen molar-refractivity contribution in [1.29, 1.82) is 0 Å². The first kappa shape index (κ1) is 15.1. The largest absolute Gasteiger partial charge is 0.467 e. The maximum Gasteiger partial charge on any atom is 0.422 e. The van der Waals surface area contributed by atoms with Crippen LogP contribution in [0.3, 0.4) is 0 Å². The zero-order valence-electron chi connectivity index (χ0n) is 11.0. The molecule has 2 N–H and O–H groups in total. The van der Waals surface area contributed by atoms with Gasteiger partial charge >= 0.3 is 6.18 Å². The molecule has 0 spiro atoms. The molecule has 0 saturated heterocycles. The molecule has 0 aromatic carbocycles. The maximum absolute atomic E-state index is 12.0. The van der Waals surface area contributed by atoms with E-state index in [1.807, 2.05) is 0 Å². The molecule has 1 aromatic rings. The van der Waals surface area contributed by atoms with Gasteiger partial charge in [-0.25, -0.2) is 4.68 Å². The number of aliphatic hydroxyl groups is 2. The van der Waals surface area contributed by atoms with Crippen molar-refractivity contribution in [3.63, 3.8) is 0 Å². The summed E-state index contributed by atoms with van der Waals surface area (Å²) in [5.41, 5.74) is -1.31. The van der Waals surface area contributed by atoms with Gasteiger partial charge in [-0.1, -0.05) is 6.92 Å². The Morgan fingerprint density at radius 3 is 2.85 bits per heavy atom. The summed E-state index contributed by atoms with van der Waals surface area (Å²) in [7, 11) is 0. The fourth-order valence-electron chi connectivity index (χ4n) is 2.44. The normalized spacial score (nSPS) is 31.3. The van der Waals surface area contributed by atoms with Gasteiger partial charge in [0.2, 0.25) is 5.88 Å². The van der Waals surface area contributed by atoms with Crippen LogP contribution in [0.15, 0.2) is 12.3 Å². The lowest BCUT2D eigenvalue weighted by molar-refractivity contribution is -0.155. The van der Waals surface area contributed by atoms with Crippen LogP contribution < -0.4 is 4.74 Å². The quantitative estimate of drug-likeness (QED) is 0.889. The first-order valence-corrected chi connectivity index (χ1v) is 6.37. The Labute approximate surface area is 114 Å². The molecule has 1 saturated carbocycles. The third-order valence-corrected chi connectivity index (χ3v) is 3.61. The van der Waals surface area contributed by atoms with E-state index in [-0.39, 0.29) is 18.2 Å². The SMILES string of the molecule is CC1CC(O)CCC1(O)n1ccc(OCC(F)(F)F)n1. The highest BCUT2D eigenvalue weighted by atomic mass is 19.4. The Bertz CT molecular complexity index is 463. The monoisotopic (exact) mass is 294 g/mol. The number of rotatable bonds is 3. The first-order valence-electron chi connectivity index (χ1n) is 6.37. The van der Waals surface area contributed by atoms with Crippen LogP contribution in [0.25, 0.3) is 0 Å². The van der Waals surface area contributed by atoms with Gasteiger partial charge in [-0.2, -0.15) is 13.2 Å². The summed E-state index contributed by atoms with van der Waals surface area (Å²) < 4.78 is 41.9. The summed E-state index contributed by atoms with van der Waals surface area (Å²) >= 11 is 0. The van der Waals surface area contributed by atoms with E-state index in [1.54, 1.807) is 6.92 Å². The van der Waals surface area contributed by atoms with Crippen molar-refractivity contribution in [2.24, 2.45) is 5.92 Å². The number of aromatic nitrogens is 2. The zero-order chi connectivity index (χ0) is 15.0. The lowest BCUT2D eigenvalue weighted by atomic mass is 9.81. The molecule has 0 amide bonds. The van der Waals surface area contributed by atoms with E-state index in [2.05, 4.69) is 9.84 Å². The summed E-state index contributed by atoms with van der Waals surface area (Å²) in [6.45, 7) is 0.344. The third kappa shape index (κ3) is 3.24. The predicted octanol–water partition coefficient (Wildman–Crippen LogP) is 1.65. The van der Waals surface area contributed by atoms with Gasteiger partial charge in [0.1, 0.15) is 0 Å². The highest BCUT2D eigenvalue weighted by molar-refractivity contribution is 5.08. The van der Waals surface area contributed by atoms with Gasteiger partial charge < -0.3 is 14.9 Å². The highest BCUT2D eigenvalue weighted by Crippen LogP contribution is 2.37. The fraction of sp³-hybridized carbons (Fsp3) is 0.750. The number of hydrogen-bond donors (Lipinski definition) is 2. The van der Waals surface area contributed by atoms with Gasteiger partial charge in [0.15, 0.2) is 12.3 Å². The maximum atomic E-state index is 12.0. The molecular weight excluding hydrogens is 277 g/mol. The van der Waals surface area contributed by atoms with E-state index >= 15 is 0 Å². The van der Waals surface area contributed by atoms with Gasteiger partial charge in [-0.05, 0) is 19.3 Å². The summed E-state index contributed by atoms with van der Waals surface area (Å²) in [4.78, 5) is 0. The Balaban J connectivity index is 2.08. The Kier molecular flexibility index (Phi) is 3.97. The predicted molar refractivity (Wildman–Crippen MR) is 63.0 cm³/mol. The molecule has 0 aliphatic heterocycles. The molecule has 1 heterocycles. The molecular formula is C12H17F3N2O3. The number of aliphatic hydroxyl groups excluding tert-OH is 1. The standard InChI is InChI=1S/C12H17F3N2O3/c1-8-6-9(18)2-4-11(8,19)17-5-3-10(16-17)20-7-12(13,14)15/h3,5,8-9,18-19H,2,4,6-7H2,1H3. The van der Waals surface area contributed by atoms with Gasteiger partial charge in [0.25, 0.3) is 0 Å². The van der Waals surface area contributed by atoms with Crippen LogP contribution in [-0.2, 0) is 5.72 Å². The zero-order valence-corrected chi connectivity index (χ0v) is 11.0. The van der Waals surface area contributed by atoms with E-state index in [4.69, 9.17) is 0 Å². The summed E-state index contributed by atoms with van der Waals surface area (Å²) in [6.07, 6.45) is -2.39. The van der Waals surface area contributed by atoms with Crippen molar-refractivity contribution in [2.75, 3.05) is 6.61 Å². The average Bonchev–Trinajstić information content (AvgIpc) is 2.80. The molecule has 0 bridgehead atoms. The van der Waals surface area contributed by atoms with Gasteiger partial charge in [-0.3, -0.25) is 0 Å². The van der Waals surface area contributed by atoms with Crippen LogP contribution in [0.1, 0.15) is 26.2 Å². The van der Waals surface area contributed by atoms with E-state index in [9.17, 15) is 23.4 Å². The van der Waals surface area contributed by atoms with E-state index < -0.39 is 24.6 Å². The molecule has 1 aliphatic carbocycles. The molecule has 1 aromatic heterocycles. The highest BCUT2D eigenvalue weighted by Gasteiger charge is 2.41. The van der Waals surface area contributed by atoms with Crippen molar-refractivity contribution in [3.8, 4) is 5.88 Å². The summed E-state index contributed by atoms with van der Waals surface area (Å²) in [6, 6.07) is 1.28. The second-order valence-electron chi connectivity index (χ2n) is 5.21. The lowest BCUT2D eigenvalue weighted by Gasteiger charge is -2.39. The van der Waals surface area contributed by atoms with Crippen LogP contribution in [0.4, 0.5) is 13.2 Å². The number of ether oxygens (including phenoxy) is 1. The number of hydrogen-bond acceptors (Lipinski definition) is 4. The van der Waals surface area contributed by atoms with Gasteiger partial charge in [-0.15, -0.1) is 5.10 Å². The van der Waals surface area contributed by atoms with Crippen LogP contribution in [0.2, 0.25) is 0 Å². The Hall–Kier alpha value is -1.28. The van der Waals surface area contributed by atoms with E-state index in [0.717, 1.165) is 0 Å². The van der Waals surface area contributed by atoms with Gasteiger partial charge in [0, 0.05) is 18.2 Å². The Morgan fingerprint density at radius 2 is 2.25 bits per heavy atom. The Morgan fingerprint density at radius 1 is 1.55 bits per heavy atom. The molecule has 3 atom stereocenters. The molecule has 114 valence electrons. The number of nitrogens with zero attached hydrogens (tertiary/aromatic N) is 2. The van der Waals surface area contributed by atoms with Crippen molar-refractivity contribution in [1.82, 2.24) is 9.78 Å². The molecule has 0 radical (unpaired) electrons. The third-order valence-electron chi connectivity index (χ3n) is 3.61. The molecule has 1 fully saturated rings. The van der Waals surface area contributed by atoms with Crippen LogP contribution >= 0.6 is 0 Å². The van der Waals surface area contributed by atoms with Crippen molar-refractivity contribution < 1.29 is 28.1 Å². The van der Waals surface area contributed by atoms with E-state index in [1.165, 1.54) is 16.9 Å². The molecule has 1 aliphatic rings. The first-order chi connectivity index (χ1) is 9.21. The fourth-order valence-corrected chi connectivity index (χ4v) is 2.44. The number of halogens is 3. The van der Waals surface area contributed by atoms with Crippen molar-refractivity contribution in [3.05, 3.63) is 12.3 Å². The topological polar surface area (TPSA) is 67.5 Å². The lowest BCUT2D eigenvalue weighted by Crippen LogP contribution is -2.45. The molecule has 3 unspecified atom stereocenters. The molecule has 8 heteroatoms. The molecule has 2 rings (SSSR count). The van der Waals surface area contributed by atoms with Crippen molar-refractivity contribution in [2.45, 2.75) is 44.2 Å². The van der Waals surface area contributed by atoms with Crippen LogP contribution in [-0.4, -0.2) is 38.9 Å². The second-order valence-corrected chi connectivity index (χ2v) is 5.21. The molecule has 5 nitrogen and oxygen atoms in total. The van der Waals surface area contributed by atoms with E-state index in [0.29, 0.717) is 12.8 Å². The van der Waals surface area contributed by atoms with Gasteiger partial charge in [0.05, 0.1) is 6.10 Å². The van der Waals surface area contributed by atoms with Crippen molar-refractivity contribution >= 4 is 0 Å². The minimum atomic E-state index is -4.43.